The average molecular weight is 556 g/mol. The van der Waals surface area contributed by atoms with Crippen LogP contribution in [-0.4, -0.2) is 54.0 Å². The number of carbonyl (C=O) groups is 1. The molecule has 3 aromatic rings. The van der Waals surface area contributed by atoms with Gasteiger partial charge < -0.3 is 19.7 Å². The molecule has 0 bridgehead atoms. The first-order valence-electron chi connectivity index (χ1n) is 11.1. The molecule has 5 rings (SSSR count). The molecule has 2 aliphatic rings. The Labute approximate surface area is 221 Å². The van der Waals surface area contributed by atoms with Crippen molar-refractivity contribution in [3.63, 3.8) is 0 Å². The summed E-state index contributed by atoms with van der Waals surface area (Å²) < 4.78 is 48.2. The van der Waals surface area contributed by atoms with Crippen LogP contribution in [0.1, 0.15) is 29.2 Å². The predicted molar refractivity (Wildman–Crippen MR) is 135 cm³/mol. The van der Waals surface area contributed by atoms with E-state index in [0.717, 1.165) is 11.1 Å². The summed E-state index contributed by atoms with van der Waals surface area (Å²) in [6, 6.07) is 12.1. The largest absolute Gasteiger partial charge is 0.504 e. The smallest absolute Gasteiger partial charge is 0.401 e. The first-order valence-corrected chi connectivity index (χ1v) is 11.5. The van der Waals surface area contributed by atoms with Gasteiger partial charge in [0.1, 0.15) is 0 Å². The van der Waals surface area contributed by atoms with E-state index in [1.54, 1.807) is 12.1 Å². The number of aliphatic hydroxyl groups excluding tert-OH is 1. The van der Waals surface area contributed by atoms with Crippen molar-refractivity contribution in [2.75, 3.05) is 32.1 Å². The standard InChI is InChI=1S/C25H21ClF3N3O4.ClH/c1-35-21-10-20(36-31-21)23(33)22-17-8-16(18(26)9-19(17)30-24(22)34)14-4-2-13(3-5-14)15-6-7-32(11-15)12-25(27,28)29;/h2-5,8-10,15,33H,6-7,11-12H2,1H3,(H,30,34);1H/b23-22+;. The second-order valence-electron chi connectivity index (χ2n) is 8.75. The molecule has 0 aliphatic carbocycles. The van der Waals surface area contributed by atoms with Crippen molar-refractivity contribution in [1.29, 1.82) is 0 Å². The minimum atomic E-state index is -4.21. The van der Waals surface area contributed by atoms with Gasteiger partial charge in [-0.05, 0) is 47.3 Å². The van der Waals surface area contributed by atoms with Gasteiger partial charge in [-0.3, -0.25) is 9.69 Å². The molecule has 3 heterocycles. The number of methoxy groups -OCH3 is 1. The highest BCUT2D eigenvalue weighted by Crippen LogP contribution is 2.42. The van der Waals surface area contributed by atoms with Crippen molar-refractivity contribution >= 4 is 46.9 Å². The number of benzene rings is 2. The molecule has 196 valence electrons. The average Bonchev–Trinajstić information content (AvgIpc) is 3.55. The number of halogens is 5. The highest BCUT2D eigenvalue weighted by Gasteiger charge is 2.35. The Morgan fingerprint density at radius 3 is 2.62 bits per heavy atom. The lowest BCUT2D eigenvalue weighted by Crippen LogP contribution is -2.32. The van der Waals surface area contributed by atoms with Gasteiger partial charge in [0.2, 0.25) is 5.76 Å². The molecule has 12 heteroatoms. The molecular weight excluding hydrogens is 534 g/mol. The van der Waals surface area contributed by atoms with Crippen molar-refractivity contribution in [3.05, 3.63) is 64.4 Å². The molecule has 7 nitrogen and oxygen atoms in total. The lowest BCUT2D eigenvalue weighted by atomic mass is 9.94. The maximum Gasteiger partial charge on any atom is 0.401 e. The highest BCUT2D eigenvalue weighted by molar-refractivity contribution is 6.38. The van der Waals surface area contributed by atoms with E-state index in [1.807, 2.05) is 24.3 Å². The fourth-order valence-electron chi connectivity index (χ4n) is 4.67. The van der Waals surface area contributed by atoms with Crippen molar-refractivity contribution in [2.45, 2.75) is 18.5 Å². The number of hydrogen-bond acceptors (Lipinski definition) is 6. The van der Waals surface area contributed by atoms with Gasteiger partial charge >= 0.3 is 6.18 Å². The third kappa shape index (κ3) is 5.41. The molecule has 1 amide bonds. The summed E-state index contributed by atoms with van der Waals surface area (Å²) in [5, 5.41) is 17.5. The number of aromatic nitrogens is 1. The van der Waals surface area contributed by atoms with Crippen LogP contribution in [-0.2, 0) is 4.79 Å². The van der Waals surface area contributed by atoms with E-state index >= 15 is 0 Å². The number of nitrogens with one attached hydrogen (secondary N) is 1. The van der Waals surface area contributed by atoms with Gasteiger partial charge in [0.05, 0.1) is 36.0 Å². The summed E-state index contributed by atoms with van der Waals surface area (Å²) in [6.45, 7) is -0.145. The zero-order valence-corrected chi connectivity index (χ0v) is 21.0. The molecular formula is C25H22Cl2F3N3O4. The SMILES string of the molecule is COc1cc(/C(O)=C2\C(=O)Nc3cc(Cl)c(-c4ccc(C5CCN(CC(F)(F)F)C5)cc4)cc32)on1.Cl. The van der Waals surface area contributed by atoms with Gasteiger partial charge in [0, 0.05) is 17.7 Å². The van der Waals surface area contributed by atoms with Crippen LogP contribution in [0.15, 0.2) is 47.0 Å². The molecule has 2 aliphatic heterocycles. The van der Waals surface area contributed by atoms with Crippen LogP contribution in [0.5, 0.6) is 5.88 Å². The lowest BCUT2D eigenvalue weighted by Gasteiger charge is -2.18. The van der Waals surface area contributed by atoms with Gasteiger partial charge in [0.15, 0.2) is 5.76 Å². The van der Waals surface area contributed by atoms with Crippen LogP contribution in [0.25, 0.3) is 22.5 Å². The minimum absolute atomic E-state index is 0. The van der Waals surface area contributed by atoms with Gasteiger partial charge in [-0.1, -0.05) is 35.9 Å². The zero-order chi connectivity index (χ0) is 25.6. The number of amides is 1. The summed E-state index contributed by atoms with van der Waals surface area (Å²) in [4.78, 5) is 14.1. The van der Waals surface area contributed by atoms with Gasteiger partial charge in [0.25, 0.3) is 11.8 Å². The number of likely N-dealkylation sites (tertiary alicyclic amines) is 1. The van der Waals surface area contributed by atoms with E-state index in [9.17, 15) is 23.1 Å². The summed E-state index contributed by atoms with van der Waals surface area (Å²) >= 11 is 6.52. The van der Waals surface area contributed by atoms with Crippen LogP contribution in [0.3, 0.4) is 0 Å². The minimum Gasteiger partial charge on any atom is -0.504 e. The highest BCUT2D eigenvalue weighted by atomic mass is 35.5. The third-order valence-electron chi connectivity index (χ3n) is 6.39. The topological polar surface area (TPSA) is 87.8 Å². The number of carbonyl (C=O) groups excluding carboxylic acids is 1. The number of aliphatic hydroxyl groups is 1. The zero-order valence-electron chi connectivity index (χ0n) is 19.4. The number of rotatable bonds is 5. The van der Waals surface area contributed by atoms with E-state index in [0.29, 0.717) is 41.3 Å². The molecule has 1 atom stereocenters. The number of fused-ring (bicyclic) bond motifs is 1. The number of alkyl halides is 3. The summed E-state index contributed by atoms with van der Waals surface area (Å²) in [6.07, 6.45) is -3.55. The molecule has 0 radical (unpaired) electrons. The number of anilines is 1. The monoisotopic (exact) mass is 555 g/mol. The van der Waals surface area contributed by atoms with Crippen molar-refractivity contribution in [1.82, 2.24) is 10.1 Å². The Hall–Kier alpha value is -3.21. The fraction of sp³-hybridized carbons (Fsp3) is 0.280. The van der Waals surface area contributed by atoms with Gasteiger partial charge in [-0.2, -0.15) is 13.2 Å². The van der Waals surface area contributed by atoms with Crippen molar-refractivity contribution in [2.24, 2.45) is 0 Å². The fourth-order valence-corrected chi connectivity index (χ4v) is 4.95. The van der Waals surface area contributed by atoms with Gasteiger partial charge in [-0.15, -0.1) is 12.4 Å². The Balaban J connectivity index is 0.00000320. The van der Waals surface area contributed by atoms with Crippen LogP contribution in [0, 0.1) is 0 Å². The van der Waals surface area contributed by atoms with Crippen molar-refractivity contribution in [3.8, 4) is 17.0 Å². The Morgan fingerprint density at radius 2 is 1.97 bits per heavy atom. The third-order valence-corrected chi connectivity index (χ3v) is 6.70. The molecule has 2 N–H and O–H groups in total. The van der Waals surface area contributed by atoms with E-state index in [1.165, 1.54) is 18.1 Å². The van der Waals surface area contributed by atoms with E-state index < -0.39 is 24.4 Å². The Kier molecular flexibility index (Phi) is 7.45. The van der Waals surface area contributed by atoms with Crippen LogP contribution in [0.2, 0.25) is 5.02 Å². The maximum absolute atomic E-state index is 12.7. The molecule has 1 saturated heterocycles. The van der Waals surface area contributed by atoms with E-state index in [-0.39, 0.29) is 35.5 Å². The molecule has 1 aromatic heterocycles. The Bertz CT molecular complexity index is 1360. The normalized spacial score (nSPS) is 18.8. The van der Waals surface area contributed by atoms with Crippen LogP contribution < -0.4 is 10.1 Å². The maximum atomic E-state index is 12.7. The quantitative estimate of drug-likeness (QED) is 0.290. The molecule has 0 saturated carbocycles. The summed E-state index contributed by atoms with van der Waals surface area (Å²) in [5.41, 5.74) is 3.23. The molecule has 2 aromatic carbocycles. The second kappa shape index (κ2) is 10.3. The van der Waals surface area contributed by atoms with E-state index in [2.05, 4.69) is 10.5 Å². The molecule has 37 heavy (non-hydrogen) atoms. The molecule has 0 spiro atoms. The van der Waals surface area contributed by atoms with Crippen LogP contribution in [0.4, 0.5) is 18.9 Å². The first kappa shape index (κ1) is 26.8. The van der Waals surface area contributed by atoms with Crippen molar-refractivity contribution < 1.29 is 32.3 Å². The van der Waals surface area contributed by atoms with Crippen LogP contribution >= 0.6 is 24.0 Å². The Morgan fingerprint density at radius 1 is 1.24 bits per heavy atom. The summed E-state index contributed by atoms with van der Waals surface area (Å²) in [7, 11) is 1.40. The summed E-state index contributed by atoms with van der Waals surface area (Å²) in [5.74, 6) is -0.774. The first-order chi connectivity index (χ1) is 17.1. The molecule has 1 fully saturated rings. The van der Waals surface area contributed by atoms with Gasteiger partial charge in [-0.25, -0.2) is 0 Å². The number of ether oxygens (including phenoxy) is 1. The lowest BCUT2D eigenvalue weighted by molar-refractivity contribution is -0.143. The number of hydrogen-bond donors (Lipinski definition) is 2. The molecule has 1 unspecified atom stereocenters. The predicted octanol–water partition coefficient (Wildman–Crippen LogP) is 6.16. The number of nitrogens with zero attached hydrogens (tertiary/aromatic N) is 2. The second-order valence-corrected chi connectivity index (χ2v) is 9.15. The van der Waals surface area contributed by atoms with E-state index in [4.69, 9.17) is 20.9 Å².